The maximum absolute atomic E-state index is 5.53. The second kappa shape index (κ2) is 4.15. The lowest BCUT2D eigenvalue weighted by Crippen LogP contribution is -2.08. The highest BCUT2D eigenvalue weighted by molar-refractivity contribution is 7.99. The Morgan fingerprint density at radius 2 is 2.69 bits per heavy atom. The number of hydrogen-bond acceptors (Lipinski definition) is 3. The number of rotatable bonds is 3. The molecule has 1 aliphatic heterocycles. The highest BCUT2D eigenvalue weighted by atomic mass is 32.2. The molecule has 2 heterocycles. The SMILES string of the molecule is Cn1ccnc1SCC1CCCO1. The van der Waals surface area contributed by atoms with Crippen LogP contribution in [0.5, 0.6) is 0 Å². The van der Waals surface area contributed by atoms with E-state index >= 15 is 0 Å². The molecule has 0 radical (unpaired) electrons. The van der Waals surface area contributed by atoms with E-state index in [1.807, 2.05) is 24.0 Å². The van der Waals surface area contributed by atoms with Crippen molar-refractivity contribution in [3.8, 4) is 0 Å². The molecule has 1 atom stereocenters. The molecule has 0 saturated carbocycles. The molecule has 1 aromatic rings. The van der Waals surface area contributed by atoms with Gasteiger partial charge in [-0.25, -0.2) is 4.98 Å². The summed E-state index contributed by atoms with van der Waals surface area (Å²) in [7, 11) is 2.02. The van der Waals surface area contributed by atoms with Crippen LogP contribution in [0.15, 0.2) is 17.6 Å². The van der Waals surface area contributed by atoms with E-state index in [1.165, 1.54) is 12.8 Å². The summed E-state index contributed by atoms with van der Waals surface area (Å²) in [4.78, 5) is 4.25. The third-order valence-corrected chi connectivity index (χ3v) is 3.39. The summed E-state index contributed by atoms with van der Waals surface area (Å²) < 4.78 is 7.57. The maximum atomic E-state index is 5.53. The molecule has 0 amide bonds. The van der Waals surface area contributed by atoms with Gasteiger partial charge in [0, 0.05) is 31.8 Å². The molecule has 0 aliphatic carbocycles. The molecule has 0 spiro atoms. The van der Waals surface area contributed by atoms with Gasteiger partial charge < -0.3 is 9.30 Å². The molecule has 13 heavy (non-hydrogen) atoms. The van der Waals surface area contributed by atoms with E-state index in [1.54, 1.807) is 11.8 Å². The van der Waals surface area contributed by atoms with Gasteiger partial charge in [-0.1, -0.05) is 11.8 Å². The van der Waals surface area contributed by atoms with Crippen molar-refractivity contribution in [1.29, 1.82) is 0 Å². The first-order valence-electron chi connectivity index (χ1n) is 4.58. The van der Waals surface area contributed by atoms with Crippen LogP contribution in [0.2, 0.25) is 0 Å². The van der Waals surface area contributed by atoms with E-state index in [4.69, 9.17) is 4.74 Å². The summed E-state index contributed by atoms with van der Waals surface area (Å²) in [5, 5.41) is 1.08. The molecule has 3 nitrogen and oxygen atoms in total. The quantitative estimate of drug-likeness (QED) is 0.692. The predicted molar refractivity (Wildman–Crippen MR) is 52.9 cm³/mol. The summed E-state index contributed by atoms with van der Waals surface area (Å²) in [5.41, 5.74) is 0. The molecule has 1 aromatic heterocycles. The monoisotopic (exact) mass is 198 g/mol. The van der Waals surface area contributed by atoms with Gasteiger partial charge in [0.1, 0.15) is 0 Å². The third-order valence-electron chi connectivity index (χ3n) is 2.20. The van der Waals surface area contributed by atoms with E-state index < -0.39 is 0 Å². The Labute approximate surface area is 82.5 Å². The van der Waals surface area contributed by atoms with Crippen LogP contribution < -0.4 is 0 Å². The van der Waals surface area contributed by atoms with Crippen molar-refractivity contribution in [3.63, 3.8) is 0 Å². The zero-order valence-corrected chi connectivity index (χ0v) is 8.59. The zero-order chi connectivity index (χ0) is 9.10. The molecule has 1 saturated heterocycles. The van der Waals surface area contributed by atoms with Gasteiger partial charge >= 0.3 is 0 Å². The molecule has 0 bridgehead atoms. The van der Waals surface area contributed by atoms with Crippen LogP contribution in [0, 0.1) is 0 Å². The van der Waals surface area contributed by atoms with Crippen LogP contribution in [0.1, 0.15) is 12.8 Å². The molecule has 2 rings (SSSR count). The molecule has 0 N–H and O–H groups in total. The molecule has 1 fully saturated rings. The zero-order valence-electron chi connectivity index (χ0n) is 7.77. The van der Waals surface area contributed by atoms with Gasteiger partial charge in [-0.3, -0.25) is 0 Å². The van der Waals surface area contributed by atoms with Crippen molar-refractivity contribution in [2.75, 3.05) is 12.4 Å². The van der Waals surface area contributed by atoms with Crippen molar-refractivity contribution in [2.45, 2.75) is 24.1 Å². The van der Waals surface area contributed by atoms with Crippen LogP contribution >= 0.6 is 11.8 Å². The normalized spacial score (nSPS) is 22.4. The lowest BCUT2D eigenvalue weighted by atomic mass is 10.3. The molecular formula is C9H14N2OS. The van der Waals surface area contributed by atoms with Gasteiger partial charge in [0.2, 0.25) is 0 Å². The number of aryl methyl sites for hydroxylation is 1. The molecular weight excluding hydrogens is 184 g/mol. The average molecular weight is 198 g/mol. The Hall–Kier alpha value is -0.480. The Morgan fingerprint density at radius 3 is 3.31 bits per heavy atom. The second-order valence-electron chi connectivity index (χ2n) is 3.27. The minimum absolute atomic E-state index is 0.446. The number of nitrogens with zero attached hydrogens (tertiary/aromatic N) is 2. The lowest BCUT2D eigenvalue weighted by molar-refractivity contribution is 0.129. The summed E-state index contributed by atoms with van der Waals surface area (Å²) in [5.74, 6) is 1.03. The van der Waals surface area contributed by atoms with Crippen LogP contribution in [0.4, 0.5) is 0 Å². The topological polar surface area (TPSA) is 27.1 Å². The minimum atomic E-state index is 0.446. The Balaban J connectivity index is 1.82. The number of ether oxygens (including phenoxy) is 1. The molecule has 1 unspecified atom stereocenters. The standard InChI is InChI=1S/C9H14N2OS/c1-11-5-4-10-9(11)13-7-8-3-2-6-12-8/h4-5,8H,2-3,6-7H2,1H3. The maximum Gasteiger partial charge on any atom is 0.167 e. The van der Waals surface area contributed by atoms with Crippen LogP contribution in [0.25, 0.3) is 0 Å². The van der Waals surface area contributed by atoms with Gasteiger partial charge in [0.25, 0.3) is 0 Å². The minimum Gasteiger partial charge on any atom is -0.377 e. The highest BCUT2D eigenvalue weighted by Gasteiger charge is 2.16. The first-order valence-corrected chi connectivity index (χ1v) is 5.56. The molecule has 1 aliphatic rings. The Morgan fingerprint density at radius 1 is 1.77 bits per heavy atom. The van der Waals surface area contributed by atoms with E-state index in [2.05, 4.69) is 4.98 Å². The lowest BCUT2D eigenvalue weighted by Gasteiger charge is -2.07. The summed E-state index contributed by atoms with van der Waals surface area (Å²) >= 11 is 1.78. The molecule has 72 valence electrons. The first-order chi connectivity index (χ1) is 6.36. The number of thioether (sulfide) groups is 1. The molecule has 0 aromatic carbocycles. The summed E-state index contributed by atoms with van der Waals surface area (Å²) in [6.45, 7) is 0.936. The van der Waals surface area contributed by atoms with Crippen molar-refractivity contribution < 1.29 is 4.74 Å². The average Bonchev–Trinajstić information content (AvgIpc) is 2.72. The van der Waals surface area contributed by atoms with Gasteiger partial charge in [-0.05, 0) is 12.8 Å². The fourth-order valence-electron chi connectivity index (χ4n) is 1.43. The van der Waals surface area contributed by atoms with E-state index in [0.717, 1.165) is 17.5 Å². The van der Waals surface area contributed by atoms with Crippen molar-refractivity contribution >= 4 is 11.8 Å². The fraction of sp³-hybridized carbons (Fsp3) is 0.667. The predicted octanol–water partition coefficient (Wildman–Crippen LogP) is 1.69. The van der Waals surface area contributed by atoms with Crippen molar-refractivity contribution in [1.82, 2.24) is 9.55 Å². The number of hydrogen-bond donors (Lipinski definition) is 0. The van der Waals surface area contributed by atoms with Crippen molar-refractivity contribution in [3.05, 3.63) is 12.4 Å². The summed E-state index contributed by atoms with van der Waals surface area (Å²) in [6.07, 6.45) is 6.67. The van der Waals surface area contributed by atoms with E-state index in [0.29, 0.717) is 6.10 Å². The van der Waals surface area contributed by atoms with Gasteiger partial charge in [0.15, 0.2) is 5.16 Å². The van der Waals surface area contributed by atoms with E-state index in [9.17, 15) is 0 Å². The Bertz CT molecular complexity index is 268. The van der Waals surface area contributed by atoms with Gasteiger partial charge in [-0.2, -0.15) is 0 Å². The highest BCUT2D eigenvalue weighted by Crippen LogP contribution is 2.21. The van der Waals surface area contributed by atoms with Crippen LogP contribution in [-0.4, -0.2) is 28.0 Å². The third kappa shape index (κ3) is 2.25. The van der Waals surface area contributed by atoms with Gasteiger partial charge in [-0.15, -0.1) is 0 Å². The first kappa shape index (κ1) is 9.09. The largest absolute Gasteiger partial charge is 0.377 e. The number of aromatic nitrogens is 2. The van der Waals surface area contributed by atoms with Gasteiger partial charge in [0.05, 0.1) is 6.10 Å². The summed E-state index contributed by atoms with van der Waals surface area (Å²) in [6, 6.07) is 0. The van der Waals surface area contributed by atoms with Crippen molar-refractivity contribution in [2.24, 2.45) is 7.05 Å². The molecule has 4 heteroatoms. The van der Waals surface area contributed by atoms with Crippen LogP contribution in [0.3, 0.4) is 0 Å². The second-order valence-corrected chi connectivity index (χ2v) is 4.25. The smallest absolute Gasteiger partial charge is 0.167 e. The van der Waals surface area contributed by atoms with Crippen LogP contribution in [-0.2, 0) is 11.8 Å². The fourth-order valence-corrected chi connectivity index (χ4v) is 2.43. The van der Waals surface area contributed by atoms with E-state index in [-0.39, 0.29) is 0 Å². The number of imidazole rings is 1. The Kier molecular flexibility index (Phi) is 2.90.